The van der Waals surface area contributed by atoms with E-state index in [9.17, 15) is 4.79 Å². The van der Waals surface area contributed by atoms with Crippen LogP contribution >= 0.6 is 11.6 Å². The third-order valence-corrected chi connectivity index (χ3v) is 11.0. The van der Waals surface area contributed by atoms with E-state index >= 15 is 0 Å². The van der Waals surface area contributed by atoms with E-state index in [0.717, 1.165) is 37.0 Å². The van der Waals surface area contributed by atoms with Gasteiger partial charge in [-0.3, -0.25) is 4.79 Å². The molecule has 0 spiro atoms. The summed E-state index contributed by atoms with van der Waals surface area (Å²) in [5.41, 5.74) is 0.771. The second-order valence-corrected chi connectivity index (χ2v) is 13.1. The largest absolute Gasteiger partial charge is 0.299 e. The molecule has 4 fully saturated rings. The van der Waals surface area contributed by atoms with Crippen LogP contribution in [0.5, 0.6) is 0 Å². The Morgan fingerprint density at radius 2 is 1.66 bits per heavy atom. The van der Waals surface area contributed by atoms with Gasteiger partial charge >= 0.3 is 0 Å². The van der Waals surface area contributed by atoms with Gasteiger partial charge in [0.15, 0.2) is 0 Å². The molecule has 0 aromatic carbocycles. The molecule has 4 rings (SSSR count). The molecule has 4 saturated carbocycles. The number of Topliss-reactive ketones (excluding diaryl/α,β-unsaturated/α-hetero) is 1. The molecule has 1 unspecified atom stereocenters. The lowest BCUT2D eigenvalue weighted by atomic mass is 9.44. The standard InChI is InChI=1S/C27H45ClO/c1-17(2)7-6-8-18(3)21-9-10-22-25-23(12-14-27(21,22)5)26(4)13-11-20(28)15-19(26)16-24(25)29/h17-23,25H,6-16H2,1-5H3/t18-,19?,20+,21-,22+,23+,25+,26+,27-/m1/s1. The van der Waals surface area contributed by atoms with Gasteiger partial charge in [-0.15, -0.1) is 11.6 Å². The van der Waals surface area contributed by atoms with E-state index in [1.165, 1.54) is 51.4 Å². The smallest absolute Gasteiger partial charge is 0.136 e. The van der Waals surface area contributed by atoms with Crippen molar-refractivity contribution in [1.82, 2.24) is 0 Å². The van der Waals surface area contributed by atoms with Crippen molar-refractivity contribution in [3.63, 3.8) is 0 Å². The van der Waals surface area contributed by atoms with Gasteiger partial charge in [0.25, 0.3) is 0 Å². The van der Waals surface area contributed by atoms with E-state index in [-0.39, 0.29) is 0 Å². The fourth-order valence-electron chi connectivity index (χ4n) is 8.90. The SMILES string of the molecule is CC(C)CCC[C@@H](C)[C@H]1CC[C@H]2[C@@H]3C(=O)CC4C[C@@H](Cl)CC[C@]4(C)[C@H]3CC[C@]12C. The van der Waals surface area contributed by atoms with Crippen molar-refractivity contribution >= 4 is 17.4 Å². The van der Waals surface area contributed by atoms with E-state index in [2.05, 4.69) is 34.6 Å². The first kappa shape index (κ1) is 22.2. The molecule has 0 amide bonds. The zero-order chi connectivity index (χ0) is 21.0. The first-order valence-electron chi connectivity index (χ1n) is 12.8. The molecule has 166 valence electrons. The summed E-state index contributed by atoms with van der Waals surface area (Å²) >= 11 is 6.54. The van der Waals surface area contributed by atoms with E-state index in [1.807, 2.05) is 0 Å². The van der Waals surface area contributed by atoms with Crippen molar-refractivity contribution in [3.8, 4) is 0 Å². The molecule has 2 heteroatoms. The molecule has 0 N–H and O–H groups in total. The summed E-state index contributed by atoms with van der Waals surface area (Å²) in [5.74, 6) is 5.27. The van der Waals surface area contributed by atoms with Crippen LogP contribution in [0.1, 0.15) is 105 Å². The topological polar surface area (TPSA) is 17.1 Å². The third kappa shape index (κ3) is 3.74. The maximum atomic E-state index is 13.5. The van der Waals surface area contributed by atoms with E-state index in [0.29, 0.717) is 45.7 Å². The summed E-state index contributed by atoms with van der Waals surface area (Å²) in [5, 5.41) is 0.300. The van der Waals surface area contributed by atoms with E-state index < -0.39 is 0 Å². The zero-order valence-electron chi connectivity index (χ0n) is 19.7. The molecule has 4 aliphatic rings. The molecule has 0 aromatic heterocycles. The van der Waals surface area contributed by atoms with Gasteiger partial charge in [0.05, 0.1) is 0 Å². The van der Waals surface area contributed by atoms with Crippen molar-refractivity contribution in [2.24, 2.45) is 52.3 Å². The highest BCUT2D eigenvalue weighted by Crippen LogP contribution is 2.67. The van der Waals surface area contributed by atoms with Gasteiger partial charge < -0.3 is 0 Å². The average Bonchev–Trinajstić information content (AvgIpc) is 3.00. The van der Waals surface area contributed by atoms with Gasteiger partial charge in [0.2, 0.25) is 0 Å². The minimum atomic E-state index is 0.300. The minimum absolute atomic E-state index is 0.300. The number of halogens is 1. The number of hydrogen-bond donors (Lipinski definition) is 0. The number of hydrogen-bond acceptors (Lipinski definition) is 1. The maximum Gasteiger partial charge on any atom is 0.136 e. The van der Waals surface area contributed by atoms with Crippen molar-refractivity contribution in [2.75, 3.05) is 0 Å². The highest BCUT2D eigenvalue weighted by molar-refractivity contribution is 6.20. The third-order valence-electron chi connectivity index (χ3n) is 10.6. The Morgan fingerprint density at radius 1 is 0.966 bits per heavy atom. The van der Waals surface area contributed by atoms with Gasteiger partial charge in [-0.05, 0) is 91.3 Å². The molecule has 0 heterocycles. The molecular weight excluding hydrogens is 376 g/mol. The molecule has 0 bridgehead atoms. The number of fused-ring (bicyclic) bond motifs is 5. The highest BCUT2D eigenvalue weighted by atomic mass is 35.5. The molecule has 0 radical (unpaired) electrons. The zero-order valence-corrected chi connectivity index (χ0v) is 20.4. The molecule has 29 heavy (non-hydrogen) atoms. The van der Waals surface area contributed by atoms with Crippen molar-refractivity contribution in [2.45, 2.75) is 111 Å². The molecule has 0 saturated heterocycles. The fraction of sp³-hybridized carbons (Fsp3) is 0.963. The molecule has 9 atom stereocenters. The number of alkyl halides is 1. The molecule has 0 aromatic rings. The van der Waals surface area contributed by atoms with E-state index in [1.54, 1.807) is 0 Å². The monoisotopic (exact) mass is 420 g/mol. The molecule has 4 aliphatic carbocycles. The van der Waals surface area contributed by atoms with Crippen molar-refractivity contribution in [1.29, 1.82) is 0 Å². The average molecular weight is 421 g/mol. The number of rotatable bonds is 5. The van der Waals surface area contributed by atoms with Gasteiger partial charge in [-0.1, -0.05) is 53.9 Å². The van der Waals surface area contributed by atoms with Crippen LogP contribution < -0.4 is 0 Å². The predicted octanol–water partition coefficient (Wildman–Crippen LogP) is 7.89. The second-order valence-electron chi connectivity index (χ2n) is 12.5. The minimum Gasteiger partial charge on any atom is -0.299 e. The van der Waals surface area contributed by atoms with Crippen molar-refractivity contribution in [3.05, 3.63) is 0 Å². The lowest BCUT2D eigenvalue weighted by Gasteiger charge is -2.60. The second kappa shape index (κ2) is 8.14. The van der Waals surface area contributed by atoms with Gasteiger partial charge in [0, 0.05) is 17.7 Å². The summed E-state index contributed by atoms with van der Waals surface area (Å²) < 4.78 is 0. The normalized spacial score (nSPS) is 48.2. The van der Waals surface area contributed by atoms with Gasteiger partial charge in [0.1, 0.15) is 5.78 Å². The Labute approximate surface area is 185 Å². The van der Waals surface area contributed by atoms with Crippen LogP contribution in [0.2, 0.25) is 0 Å². The van der Waals surface area contributed by atoms with Gasteiger partial charge in [-0.25, -0.2) is 0 Å². The lowest BCUT2D eigenvalue weighted by molar-refractivity contribution is -0.156. The van der Waals surface area contributed by atoms with Crippen LogP contribution in [0.4, 0.5) is 0 Å². The highest BCUT2D eigenvalue weighted by Gasteiger charge is 2.62. The van der Waals surface area contributed by atoms with Crippen LogP contribution in [0.25, 0.3) is 0 Å². The van der Waals surface area contributed by atoms with Crippen LogP contribution in [0, 0.1) is 52.3 Å². The molecular formula is C27H45ClO. The Bertz CT molecular complexity index is 614. The first-order valence-corrected chi connectivity index (χ1v) is 13.3. The lowest BCUT2D eigenvalue weighted by Crippen LogP contribution is -2.57. The van der Waals surface area contributed by atoms with Crippen LogP contribution in [0.3, 0.4) is 0 Å². The maximum absolute atomic E-state index is 13.5. The van der Waals surface area contributed by atoms with Crippen LogP contribution in [0.15, 0.2) is 0 Å². The fourth-order valence-corrected chi connectivity index (χ4v) is 9.23. The summed E-state index contributed by atoms with van der Waals surface area (Å²) in [6, 6.07) is 0. The summed E-state index contributed by atoms with van der Waals surface area (Å²) in [6.07, 6.45) is 13.7. The number of carbonyl (C=O) groups excluding carboxylic acids is 1. The Balaban J connectivity index is 1.51. The number of ketones is 1. The number of carbonyl (C=O) groups is 1. The van der Waals surface area contributed by atoms with Crippen LogP contribution in [-0.4, -0.2) is 11.2 Å². The first-order chi connectivity index (χ1) is 13.7. The summed E-state index contributed by atoms with van der Waals surface area (Å²) in [7, 11) is 0. The Hall–Kier alpha value is -0.0400. The molecule has 0 aliphatic heterocycles. The Kier molecular flexibility index (Phi) is 6.22. The predicted molar refractivity (Wildman–Crippen MR) is 123 cm³/mol. The van der Waals surface area contributed by atoms with Crippen molar-refractivity contribution < 1.29 is 4.79 Å². The molecule has 1 nitrogen and oxygen atoms in total. The Morgan fingerprint density at radius 3 is 2.38 bits per heavy atom. The quantitative estimate of drug-likeness (QED) is 0.413. The van der Waals surface area contributed by atoms with Crippen LogP contribution in [-0.2, 0) is 4.79 Å². The van der Waals surface area contributed by atoms with E-state index in [4.69, 9.17) is 11.6 Å². The summed E-state index contributed by atoms with van der Waals surface area (Å²) in [6.45, 7) is 12.3. The summed E-state index contributed by atoms with van der Waals surface area (Å²) in [4.78, 5) is 13.5. The van der Waals surface area contributed by atoms with Gasteiger partial charge in [-0.2, -0.15) is 0 Å².